The lowest BCUT2D eigenvalue weighted by atomic mass is 10.0. The fraction of sp³-hybridized carbons (Fsp3) is 0.643. The maximum absolute atomic E-state index is 12.3. The first kappa shape index (κ1) is 14.6. The number of nitrogens with zero attached hydrogens (tertiary/aromatic N) is 1. The van der Waals surface area contributed by atoms with Crippen molar-refractivity contribution in [2.45, 2.75) is 52.0 Å². The summed E-state index contributed by atoms with van der Waals surface area (Å²) in [6.45, 7) is 5.61. The van der Waals surface area contributed by atoms with Crippen LogP contribution in [0.1, 0.15) is 60.8 Å². The van der Waals surface area contributed by atoms with Gasteiger partial charge in [-0.25, -0.2) is 0 Å². The number of hydrogen-bond donors (Lipinski definition) is 2. The zero-order valence-corrected chi connectivity index (χ0v) is 12.0. The molecule has 6 heteroatoms. The second-order valence-corrected chi connectivity index (χ2v) is 5.68. The zero-order valence-electron chi connectivity index (χ0n) is 12.0. The van der Waals surface area contributed by atoms with Crippen LogP contribution in [0, 0.1) is 12.8 Å². The van der Waals surface area contributed by atoms with Crippen LogP contribution in [0.25, 0.3) is 0 Å². The van der Waals surface area contributed by atoms with E-state index in [0.717, 1.165) is 0 Å². The van der Waals surface area contributed by atoms with E-state index in [1.54, 1.807) is 6.92 Å². The minimum atomic E-state index is -0.786. The van der Waals surface area contributed by atoms with Crippen molar-refractivity contribution in [1.82, 2.24) is 10.5 Å². The molecule has 0 aromatic carbocycles. The number of aliphatic carboxylic acids is 1. The van der Waals surface area contributed by atoms with Crippen LogP contribution in [-0.2, 0) is 4.79 Å². The number of amides is 1. The Morgan fingerprint density at radius 3 is 2.65 bits per heavy atom. The third-order valence-corrected chi connectivity index (χ3v) is 3.76. The van der Waals surface area contributed by atoms with Gasteiger partial charge < -0.3 is 14.9 Å². The number of rotatable bonds is 4. The van der Waals surface area contributed by atoms with Crippen LogP contribution in [0.5, 0.6) is 0 Å². The van der Waals surface area contributed by atoms with E-state index in [0.29, 0.717) is 36.3 Å². The molecule has 0 radical (unpaired) electrons. The average molecular weight is 280 g/mol. The molecule has 0 unspecified atom stereocenters. The van der Waals surface area contributed by atoms with E-state index in [1.807, 2.05) is 13.8 Å². The first-order valence-corrected chi connectivity index (χ1v) is 6.90. The number of aromatic nitrogens is 1. The van der Waals surface area contributed by atoms with E-state index >= 15 is 0 Å². The predicted molar refractivity (Wildman–Crippen MR) is 71.6 cm³/mol. The third kappa shape index (κ3) is 2.84. The second-order valence-electron chi connectivity index (χ2n) is 5.68. The fourth-order valence-electron chi connectivity index (χ4n) is 2.65. The van der Waals surface area contributed by atoms with Crippen molar-refractivity contribution in [3.8, 4) is 0 Å². The molecule has 0 spiro atoms. The molecule has 1 saturated carbocycles. The quantitative estimate of drug-likeness (QED) is 0.881. The smallest absolute Gasteiger partial charge is 0.306 e. The van der Waals surface area contributed by atoms with Crippen molar-refractivity contribution in [2.75, 3.05) is 0 Å². The molecular weight excluding hydrogens is 260 g/mol. The maximum atomic E-state index is 12.3. The number of carboxylic acids is 1. The molecule has 20 heavy (non-hydrogen) atoms. The molecular formula is C14H20N2O4. The molecule has 2 atom stereocenters. The molecule has 0 aliphatic heterocycles. The summed E-state index contributed by atoms with van der Waals surface area (Å²) in [6, 6.07) is -0.0853. The van der Waals surface area contributed by atoms with Crippen LogP contribution in [0.2, 0.25) is 0 Å². The highest BCUT2D eigenvalue weighted by molar-refractivity contribution is 5.96. The van der Waals surface area contributed by atoms with Crippen LogP contribution in [0.15, 0.2) is 4.52 Å². The topological polar surface area (TPSA) is 92.4 Å². The van der Waals surface area contributed by atoms with Gasteiger partial charge in [-0.3, -0.25) is 9.59 Å². The van der Waals surface area contributed by atoms with Gasteiger partial charge in [-0.15, -0.1) is 0 Å². The predicted octanol–water partition coefficient (Wildman–Crippen LogP) is 2.09. The van der Waals surface area contributed by atoms with E-state index in [2.05, 4.69) is 10.5 Å². The summed E-state index contributed by atoms with van der Waals surface area (Å²) in [4.78, 5) is 23.2. The lowest BCUT2D eigenvalue weighted by Gasteiger charge is -2.13. The Bertz CT molecular complexity index is 521. The highest BCUT2D eigenvalue weighted by Crippen LogP contribution is 2.27. The SMILES string of the molecule is Cc1noc(C(C)C)c1C(=O)N[C@H]1CC[C@@H](C(=O)O)C1. The largest absolute Gasteiger partial charge is 0.481 e. The van der Waals surface area contributed by atoms with Crippen molar-refractivity contribution in [1.29, 1.82) is 0 Å². The summed E-state index contributed by atoms with van der Waals surface area (Å²) >= 11 is 0. The Morgan fingerprint density at radius 1 is 1.40 bits per heavy atom. The van der Waals surface area contributed by atoms with E-state index in [4.69, 9.17) is 9.63 Å². The van der Waals surface area contributed by atoms with Gasteiger partial charge in [0.05, 0.1) is 11.6 Å². The highest BCUT2D eigenvalue weighted by Gasteiger charge is 2.32. The van der Waals surface area contributed by atoms with Crippen molar-refractivity contribution in [3.05, 3.63) is 17.0 Å². The van der Waals surface area contributed by atoms with Crippen molar-refractivity contribution in [3.63, 3.8) is 0 Å². The minimum Gasteiger partial charge on any atom is -0.481 e. The van der Waals surface area contributed by atoms with Crippen molar-refractivity contribution in [2.24, 2.45) is 5.92 Å². The van der Waals surface area contributed by atoms with Gasteiger partial charge >= 0.3 is 5.97 Å². The Hall–Kier alpha value is -1.85. The summed E-state index contributed by atoms with van der Waals surface area (Å²) in [6.07, 6.45) is 1.80. The summed E-state index contributed by atoms with van der Waals surface area (Å²) in [5.41, 5.74) is 1.05. The van der Waals surface area contributed by atoms with Gasteiger partial charge in [0.25, 0.3) is 5.91 Å². The summed E-state index contributed by atoms with van der Waals surface area (Å²) in [5.74, 6) is -0.706. The molecule has 110 valence electrons. The van der Waals surface area contributed by atoms with E-state index in [1.165, 1.54) is 0 Å². The first-order chi connectivity index (χ1) is 9.40. The fourth-order valence-corrected chi connectivity index (χ4v) is 2.65. The van der Waals surface area contributed by atoms with Gasteiger partial charge in [-0.2, -0.15) is 0 Å². The maximum Gasteiger partial charge on any atom is 0.306 e. The molecule has 1 aliphatic carbocycles. The monoisotopic (exact) mass is 280 g/mol. The standard InChI is InChI=1S/C14H20N2O4/c1-7(2)12-11(8(3)16-20-12)13(17)15-10-5-4-9(6-10)14(18)19/h7,9-10H,4-6H2,1-3H3,(H,15,17)(H,18,19)/t9-,10+/m1/s1. The zero-order chi connectivity index (χ0) is 14.9. The molecule has 1 heterocycles. The lowest BCUT2D eigenvalue weighted by molar-refractivity contribution is -0.141. The molecule has 1 aromatic heterocycles. The number of aryl methyl sites for hydroxylation is 1. The molecule has 2 rings (SSSR count). The van der Waals surface area contributed by atoms with Gasteiger partial charge in [0.15, 0.2) is 5.76 Å². The van der Waals surface area contributed by atoms with Crippen LogP contribution in [-0.4, -0.2) is 28.2 Å². The number of carboxylic acid groups (broad SMARTS) is 1. The van der Waals surface area contributed by atoms with Crippen molar-refractivity contribution < 1.29 is 19.2 Å². The highest BCUT2D eigenvalue weighted by atomic mass is 16.5. The molecule has 1 fully saturated rings. The van der Waals surface area contributed by atoms with Crippen LogP contribution in [0.4, 0.5) is 0 Å². The van der Waals surface area contributed by atoms with Gasteiger partial charge in [0.2, 0.25) is 0 Å². The van der Waals surface area contributed by atoms with Gasteiger partial charge in [0, 0.05) is 12.0 Å². The van der Waals surface area contributed by atoms with E-state index < -0.39 is 5.97 Å². The van der Waals surface area contributed by atoms with Gasteiger partial charge in [0.1, 0.15) is 5.56 Å². The molecule has 0 bridgehead atoms. The molecule has 0 saturated heterocycles. The van der Waals surface area contributed by atoms with E-state index in [-0.39, 0.29) is 23.8 Å². The van der Waals surface area contributed by atoms with Crippen LogP contribution in [0.3, 0.4) is 0 Å². The van der Waals surface area contributed by atoms with Gasteiger partial charge in [-0.05, 0) is 26.2 Å². The number of carbonyl (C=O) groups is 2. The molecule has 6 nitrogen and oxygen atoms in total. The summed E-state index contributed by atoms with van der Waals surface area (Å²) < 4.78 is 5.20. The number of hydrogen-bond acceptors (Lipinski definition) is 4. The number of nitrogens with one attached hydrogen (secondary N) is 1. The molecule has 1 aromatic rings. The van der Waals surface area contributed by atoms with Crippen LogP contribution >= 0.6 is 0 Å². The average Bonchev–Trinajstić information content (AvgIpc) is 2.95. The lowest BCUT2D eigenvalue weighted by Crippen LogP contribution is -2.34. The molecule has 1 aliphatic rings. The van der Waals surface area contributed by atoms with Crippen molar-refractivity contribution >= 4 is 11.9 Å². The Balaban J connectivity index is 2.06. The third-order valence-electron chi connectivity index (χ3n) is 3.76. The number of carbonyl (C=O) groups excluding carboxylic acids is 1. The second kappa shape index (κ2) is 5.64. The van der Waals surface area contributed by atoms with Crippen LogP contribution < -0.4 is 5.32 Å². The first-order valence-electron chi connectivity index (χ1n) is 6.90. The summed E-state index contributed by atoms with van der Waals surface area (Å²) in [7, 11) is 0. The molecule has 1 amide bonds. The Labute approximate surface area is 117 Å². The Morgan fingerprint density at radius 2 is 2.10 bits per heavy atom. The molecule has 2 N–H and O–H groups in total. The van der Waals surface area contributed by atoms with Gasteiger partial charge in [-0.1, -0.05) is 19.0 Å². The summed E-state index contributed by atoms with van der Waals surface area (Å²) in [5, 5.41) is 15.7. The van der Waals surface area contributed by atoms with E-state index in [9.17, 15) is 9.59 Å². The Kier molecular flexibility index (Phi) is 4.11. The normalized spacial score (nSPS) is 22.2. The minimum absolute atomic E-state index is 0.0762.